The van der Waals surface area contributed by atoms with Gasteiger partial charge in [-0.3, -0.25) is 9.59 Å². The molecule has 8 nitrogen and oxygen atoms in total. The van der Waals surface area contributed by atoms with Crippen LogP contribution in [0.15, 0.2) is 29.2 Å². The summed E-state index contributed by atoms with van der Waals surface area (Å²) >= 11 is 0. The maximum atomic E-state index is 13.1. The summed E-state index contributed by atoms with van der Waals surface area (Å²) in [6.07, 6.45) is 2.07. The molecule has 0 radical (unpaired) electrons. The second-order valence-electron chi connectivity index (χ2n) is 8.77. The molecular weight excluding hydrogens is 418 g/mol. The standard InChI is InChI=1S/C22H33N3O5S/c1-16(2)20(22(27)24-9-5-6-17(3)15-24)23-21(26)18-7-4-8-19(14-18)31(28,29)25-10-12-30-13-11-25/h4,7-8,14,16-17,20H,5-6,9-13,15H2,1-3H3,(H,23,26)/t17?,20-/m0/s1. The fraction of sp³-hybridized carbons (Fsp3) is 0.636. The Morgan fingerprint density at radius 2 is 1.87 bits per heavy atom. The highest BCUT2D eigenvalue weighted by Gasteiger charge is 2.32. The summed E-state index contributed by atoms with van der Waals surface area (Å²) in [4.78, 5) is 27.9. The van der Waals surface area contributed by atoms with Crippen LogP contribution in [0.3, 0.4) is 0 Å². The van der Waals surface area contributed by atoms with Crippen molar-refractivity contribution in [2.45, 2.75) is 44.6 Å². The van der Waals surface area contributed by atoms with Gasteiger partial charge in [-0.15, -0.1) is 0 Å². The van der Waals surface area contributed by atoms with Gasteiger partial charge in [0, 0.05) is 31.7 Å². The number of carbonyl (C=O) groups excluding carboxylic acids is 2. The normalized spacial score (nSPS) is 21.7. The lowest BCUT2D eigenvalue weighted by molar-refractivity contribution is -0.136. The molecule has 0 aliphatic carbocycles. The lowest BCUT2D eigenvalue weighted by Crippen LogP contribution is -2.53. The van der Waals surface area contributed by atoms with E-state index in [2.05, 4.69) is 12.2 Å². The predicted molar refractivity (Wildman–Crippen MR) is 117 cm³/mol. The van der Waals surface area contributed by atoms with Gasteiger partial charge in [0.05, 0.1) is 18.1 Å². The van der Waals surface area contributed by atoms with E-state index in [-0.39, 0.29) is 35.4 Å². The van der Waals surface area contributed by atoms with Crippen LogP contribution in [0.1, 0.15) is 44.0 Å². The van der Waals surface area contributed by atoms with Gasteiger partial charge >= 0.3 is 0 Å². The first-order chi connectivity index (χ1) is 14.7. The van der Waals surface area contributed by atoms with Crippen LogP contribution in [-0.4, -0.2) is 74.9 Å². The van der Waals surface area contributed by atoms with E-state index in [9.17, 15) is 18.0 Å². The van der Waals surface area contributed by atoms with Crippen LogP contribution in [-0.2, 0) is 19.6 Å². The predicted octanol–water partition coefficient (Wildman–Crippen LogP) is 1.72. The summed E-state index contributed by atoms with van der Waals surface area (Å²) in [7, 11) is -3.70. The molecule has 31 heavy (non-hydrogen) atoms. The van der Waals surface area contributed by atoms with Crippen molar-refractivity contribution in [3.8, 4) is 0 Å². The minimum Gasteiger partial charge on any atom is -0.379 e. The van der Waals surface area contributed by atoms with Crippen LogP contribution in [0.25, 0.3) is 0 Å². The second kappa shape index (κ2) is 10.1. The van der Waals surface area contributed by atoms with Crippen LogP contribution in [0, 0.1) is 11.8 Å². The smallest absolute Gasteiger partial charge is 0.251 e. The molecule has 1 N–H and O–H groups in total. The Bertz CT molecular complexity index is 896. The van der Waals surface area contributed by atoms with Gasteiger partial charge in [-0.1, -0.05) is 26.8 Å². The number of amides is 2. The van der Waals surface area contributed by atoms with Crippen molar-refractivity contribution in [2.24, 2.45) is 11.8 Å². The molecule has 2 fully saturated rings. The van der Waals surface area contributed by atoms with Crippen LogP contribution in [0.5, 0.6) is 0 Å². The van der Waals surface area contributed by atoms with Gasteiger partial charge in [0.1, 0.15) is 6.04 Å². The van der Waals surface area contributed by atoms with Gasteiger partial charge in [-0.2, -0.15) is 4.31 Å². The number of likely N-dealkylation sites (tertiary alicyclic amines) is 1. The number of carbonyl (C=O) groups is 2. The first kappa shape index (κ1) is 23.7. The van der Waals surface area contributed by atoms with E-state index in [1.165, 1.54) is 16.4 Å². The Labute approximate surface area is 185 Å². The number of piperidine rings is 1. The SMILES string of the molecule is CC1CCCN(C(=O)[C@@H](NC(=O)c2cccc(S(=O)(=O)N3CCOCC3)c2)C(C)C)C1. The van der Waals surface area contributed by atoms with Gasteiger partial charge in [0.25, 0.3) is 5.91 Å². The van der Waals surface area contributed by atoms with Crippen LogP contribution >= 0.6 is 0 Å². The van der Waals surface area contributed by atoms with Gasteiger partial charge in [-0.05, 0) is 42.9 Å². The molecule has 3 rings (SSSR count). The van der Waals surface area contributed by atoms with E-state index in [0.717, 1.165) is 12.8 Å². The van der Waals surface area contributed by atoms with Crippen LogP contribution < -0.4 is 5.32 Å². The minimum absolute atomic E-state index is 0.0688. The van der Waals surface area contributed by atoms with Gasteiger partial charge in [0.2, 0.25) is 15.9 Å². The number of sulfonamides is 1. The third-order valence-corrected chi connectivity index (χ3v) is 7.79. The lowest BCUT2D eigenvalue weighted by Gasteiger charge is -2.35. The highest BCUT2D eigenvalue weighted by molar-refractivity contribution is 7.89. The molecule has 0 bridgehead atoms. The largest absolute Gasteiger partial charge is 0.379 e. The number of morpholine rings is 1. The number of ether oxygens (including phenoxy) is 1. The molecule has 0 aromatic heterocycles. The topological polar surface area (TPSA) is 96.0 Å². The van der Waals surface area contributed by atoms with E-state index in [4.69, 9.17) is 4.74 Å². The van der Waals surface area contributed by atoms with Crippen molar-refractivity contribution >= 4 is 21.8 Å². The zero-order valence-electron chi connectivity index (χ0n) is 18.5. The van der Waals surface area contributed by atoms with Crippen LogP contribution in [0.2, 0.25) is 0 Å². The summed E-state index contributed by atoms with van der Waals surface area (Å²) in [5.74, 6) is -0.166. The number of hydrogen-bond donors (Lipinski definition) is 1. The zero-order chi connectivity index (χ0) is 22.6. The summed E-state index contributed by atoms with van der Waals surface area (Å²) in [5.41, 5.74) is 0.222. The Morgan fingerprint density at radius 1 is 1.16 bits per heavy atom. The van der Waals surface area contributed by atoms with Crippen molar-refractivity contribution in [3.63, 3.8) is 0 Å². The first-order valence-electron chi connectivity index (χ1n) is 11.0. The van der Waals surface area contributed by atoms with E-state index < -0.39 is 22.0 Å². The quantitative estimate of drug-likeness (QED) is 0.711. The Kier molecular flexibility index (Phi) is 7.72. The number of hydrogen-bond acceptors (Lipinski definition) is 5. The van der Waals surface area contributed by atoms with E-state index in [0.29, 0.717) is 32.2 Å². The number of rotatable bonds is 6. The molecule has 1 unspecified atom stereocenters. The molecular formula is C22H33N3O5S. The molecule has 2 amide bonds. The molecule has 1 aromatic carbocycles. The van der Waals surface area contributed by atoms with Crippen molar-refractivity contribution < 1.29 is 22.7 Å². The van der Waals surface area contributed by atoms with Gasteiger partial charge < -0.3 is 15.0 Å². The summed E-state index contributed by atoms with van der Waals surface area (Å²) < 4.78 is 32.4. The molecule has 9 heteroatoms. The molecule has 2 atom stereocenters. The minimum atomic E-state index is -3.70. The summed E-state index contributed by atoms with van der Waals surface area (Å²) in [6, 6.07) is 5.34. The number of benzene rings is 1. The molecule has 2 aliphatic heterocycles. The number of nitrogens with zero attached hydrogens (tertiary/aromatic N) is 2. The highest BCUT2D eigenvalue weighted by Crippen LogP contribution is 2.20. The average Bonchev–Trinajstić information content (AvgIpc) is 2.77. The molecule has 2 aliphatic rings. The Balaban J connectivity index is 1.75. The first-order valence-corrected chi connectivity index (χ1v) is 12.4. The maximum absolute atomic E-state index is 13.1. The van der Waals surface area contributed by atoms with Crippen molar-refractivity contribution in [3.05, 3.63) is 29.8 Å². The van der Waals surface area contributed by atoms with E-state index in [1.807, 2.05) is 18.7 Å². The third kappa shape index (κ3) is 5.64. The zero-order valence-corrected chi connectivity index (χ0v) is 19.4. The summed E-state index contributed by atoms with van der Waals surface area (Å²) in [6.45, 7) is 8.61. The van der Waals surface area contributed by atoms with Crippen molar-refractivity contribution in [1.29, 1.82) is 0 Å². The highest BCUT2D eigenvalue weighted by atomic mass is 32.2. The average molecular weight is 452 g/mol. The van der Waals surface area contributed by atoms with Gasteiger partial charge in [-0.25, -0.2) is 8.42 Å². The fourth-order valence-electron chi connectivity index (χ4n) is 4.06. The molecule has 2 heterocycles. The number of nitrogens with one attached hydrogen (secondary N) is 1. The molecule has 0 spiro atoms. The monoisotopic (exact) mass is 451 g/mol. The summed E-state index contributed by atoms with van der Waals surface area (Å²) in [5, 5.41) is 2.84. The van der Waals surface area contributed by atoms with Gasteiger partial charge in [0.15, 0.2) is 0 Å². The van der Waals surface area contributed by atoms with Crippen molar-refractivity contribution in [2.75, 3.05) is 39.4 Å². The molecule has 172 valence electrons. The van der Waals surface area contributed by atoms with E-state index >= 15 is 0 Å². The molecule has 1 aromatic rings. The maximum Gasteiger partial charge on any atom is 0.251 e. The fourth-order valence-corrected chi connectivity index (χ4v) is 5.51. The Morgan fingerprint density at radius 3 is 2.52 bits per heavy atom. The van der Waals surface area contributed by atoms with Crippen LogP contribution in [0.4, 0.5) is 0 Å². The van der Waals surface area contributed by atoms with Crippen molar-refractivity contribution in [1.82, 2.24) is 14.5 Å². The second-order valence-corrected chi connectivity index (χ2v) is 10.7. The molecule has 0 saturated carbocycles. The lowest BCUT2D eigenvalue weighted by atomic mass is 9.97. The Hall–Kier alpha value is -1.97. The molecule has 2 saturated heterocycles. The third-order valence-electron chi connectivity index (χ3n) is 5.89. The van der Waals surface area contributed by atoms with E-state index in [1.54, 1.807) is 12.1 Å².